The number of alkyl halides is 1. The highest BCUT2D eigenvalue weighted by Crippen LogP contribution is 2.11. The number of carbonyl (C=O) groups is 2. The lowest BCUT2D eigenvalue weighted by atomic mass is 10.1. The number of halogens is 1. The van der Waals surface area contributed by atoms with Crippen LogP contribution in [-0.2, 0) is 9.59 Å². The van der Waals surface area contributed by atoms with Crippen molar-refractivity contribution in [1.29, 1.82) is 0 Å². The summed E-state index contributed by atoms with van der Waals surface area (Å²) in [6, 6.07) is -0.490. The topological polar surface area (TPSA) is 58.2 Å². The summed E-state index contributed by atoms with van der Waals surface area (Å²) in [7, 11) is 0. The monoisotopic (exact) mass is 278 g/mol. The summed E-state index contributed by atoms with van der Waals surface area (Å²) < 4.78 is 0. The van der Waals surface area contributed by atoms with E-state index in [-0.39, 0.29) is 22.6 Å². The molecule has 2 atom stereocenters. The Kier molecular flexibility index (Phi) is 6.56. The van der Waals surface area contributed by atoms with Crippen LogP contribution in [0.4, 0.5) is 0 Å². The van der Waals surface area contributed by atoms with E-state index in [0.29, 0.717) is 6.54 Å². The van der Waals surface area contributed by atoms with Gasteiger partial charge in [-0.1, -0.05) is 29.8 Å². The molecular formula is C10H19BrN2O2. The molecule has 5 heteroatoms. The fraction of sp³-hybridized carbons (Fsp3) is 0.800. The Morgan fingerprint density at radius 1 is 1.20 bits per heavy atom. The number of amides is 2. The predicted molar refractivity (Wildman–Crippen MR) is 63.8 cm³/mol. The molecular weight excluding hydrogens is 260 g/mol. The van der Waals surface area contributed by atoms with Crippen LogP contribution in [0.25, 0.3) is 0 Å². The minimum atomic E-state index is -0.490. The second-order valence-electron chi connectivity index (χ2n) is 3.77. The number of carbonyl (C=O) groups excluding carboxylic acids is 2. The van der Waals surface area contributed by atoms with Crippen molar-refractivity contribution in [3.63, 3.8) is 0 Å². The van der Waals surface area contributed by atoms with Gasteiger partial charge in [0.15, 0.2) is 0 Å². The lowest BCUT2D eigenvalue weighted by Gasteiger charge is -2.17. The molecule has 0 rings (SSSR count). The second kappa shape index (κ2) is 6.82. The van der Waals surface area contributed by atoms with Gasteiger partial charge in [-0.3, -0.25) is 9.59 Å². The molecule has 0 saturated carbocycles. The van der Waals surface area contributed by atoms with Gasteiger partial charge in [0.25, 0.3) is 0 Å². The van der Waals surface area contributed by atoms with Gasteiger partial charge in [-0.05, 0) is 19.8 Å². The summed E-state index contributed by atoms with van der Waals surface area (Å²) in [6.07, 6.45) is 0. The van der Waals surface area contributed by atoms with Crippen molar-refractivity contribution in [3.05, 3.63) is 0 Å². The first-order valence-corrected chi connectivity index (χ1v) is 6.03. The molecule has 0 aromatic carbocycles. The Hall–Kier alpha value is -0.580. The zero-order valence-electron chi connectivity index (χ0n) is 9.63. The molecule has 0 aliphatic heterocycles. The van der Waals surface area contributed by atoms with Crippen LogP contribution in [0.5, 0.6) is 0 Å². The third-order valence-electron chi connectivity index (χ3n) is 1.94. The van der Waals surface area contributed by atoms with Gasteiger partial charge in [-0.25, -0.2) is 0 Å². The summed E-state index contributed by atoms with van der Waals surface area (Å²) in [5.74, 6) is -0.107. The normalized spacial score (nSPS) is 14.5. The van der Waals surface area contributed by atoms with Crippen LogP contribution in [0, 0.1) is 5.92 Å². The van der Waals surface area contributed by atoms with Gasteiger partial charge in [0.05, 0.1) is 4.83 Å². The van der Waals surface area contributed by atoms with E-state index in [4.69, 9.17) is 0 Å². The van der Waals surface area contributed by atoms with Gasteiger partial charge in [-0.15, -0.1) is 0 Å². The zero-order chi connectivity index (χ0) is 12.0. The van der Waals surface area contributed by atoms with Crippen LogP contribution < -0.4 is 10.6 Å². The molecule has 0 heterocycles. The van der Waals surface area contributed by atoms with Crippen molar-refractivity contribution in [3.8, 4) is 0 Å². The molecule has 0 radical (unpaired) electrons. The SMILES string of the molecule is CCNC(=O)C(C)NC(=O)C(Br)C(C)C. The van der Waals surface area contributed by atoms with Crippen LogP contribution in [0.2, 0.25) is 0 Å². The van der Waals surface area contributed by atoms with Gasteiger partial charge < -0.3 is 10.6 Å². The molecule has 0 bridgehead atoms. The van der Waals surface area contributed by atoms with Crippen LogP contribution >= 0.6 is 15.9 Å². The highest BCUT2D eigenvalue weighted by atomic mass is 79.9. The van der Waals surface area contributed by atoms with Crippen molar-refractivity contribution >= 4 is 27.7 Å². The molecule has 0 aromatic rings. The minimum absolute atomic E-state index is 0.149. The van der Waals surface area contributed by atoms with E-state index >= 15 is 0 Å². The van der Waals surface area contributed by atoms with Crippen LogP contribution in [-0.4, -0.2) is 29.2 Å². The van der Waals surface area contributed by atoms with E-state index in [1.807, 2.05) is 20.8 Å². The summed E-state index contributed by atoms with van der Waals surface area (Å²) >= 11 is 3.28. The van der Waals surface area contributed by atoms with E-state index in [0.717, 1.165) is 0 Å². The number of hydrogen-bond donors (Lipinski definition) is 2. The van der Waals surface area contributed by atoms with Gasteiger partial charge in [0.1, 0.15) is 6.04 Å². The van der Waals surface area contributed by atoms with E-state index in [2.05, 4.69) is 26.6 Å². The second-order valence-corrected chi connectivity index (χ2v) is 4.76. The molecule has 2 amide bonds. The van der Waals surface area contributed by atoms with E-state index < -0.39 is 6.04 Å². The molecule has 0 aliphatic rings. The molecule has 15 heavy (non-hydrogen) atoms. The average molecular weight is 279 g/mol. The minimum Gasteiger partial charge on any atom is -0.355 e. The standard InChI is InChI=1S/C10H19BrN2O2/c1-5-12-9(14)7(4)13-10(15)8(11)6(2)3/h6-8H,5H2,1-4H3,(H,12,14)(H,13,15). The molecule has 0 aliphatic carbocycles. The molecule has 0 saturated heterocycles. The fourth-order valence-electron chi connectivity index (χ4n) is 0.989. The summed E-state index contributed by atoms with van der Waals surface area (Å²) in [4.78, 5) is 22.6. The number of rotatable bonds is 5. The van der Waals surface area contributed by atoms with Crippen molar-refractivity contribution in [2.75, 3.05) is 6.54 Å². The molecule has 4 nitrogen and oxygen atoms in total. The average Bonchev–Trinajstić information content (AvgIpc) is 2.16. The Morgan fingerprint density at radius 2 is 1.73 bits per heavy atom. The quantitative estimate of drug-likeness (QED) is 0.739. The zero-order valence-corrected chi connectivity index (χ0v) is 11.2. The first kappa shape index (κ1) is 14.4. The lowest BCUT2D eigenvalue weighted by molar-refractivity contribution is -0.128. The molecule has 0 spiro atoms. The Labute approximate surface area is 99.3 Å². The lowest BCUT2D eigenvalue weighted by Crippen LogP contribution is -2.47. The molecule has 2 N–H and O–H groups in total. The third kappa shape index (κ3) is 5.16. The fourth-order valence-corrected chi connectivity index (χ4v) is 1.12. The first-order chi connectivity index (χ1) is 6.90. The Balaban J connectivity index is 4.12. The maximum atomic E-state index is 11.6. The van der Waals surface area contributed by atoms with Crippen molar-refractivity contribution in [2.45, 2.75) is 38.6 Å². The van der Waals surface area contributed by atoms with Crippen LogP contribution in [0.1, 0.15) is 27.7 Å². The van der Waals surface area contributed by atoms with Crippen molar-refractivity contribution < 1.29 is 9.59 Å². The molecule has 88 valence electrons. The molecule has 2 unspecified atom stereocenters. The smallest absolute Gasteiger partial charge is 0.242 e. The summed E-state index contributed by atoms with van der Waals surface area (Å²) in [5.41, 5.74) is 0. The predicted octanol–water partition coefficient (Wildman–Crippen LogP) is 1.05. The third-order valence-corrected chi connectivity index (χ3v) is 3.41. The molecule has 0 fully saturated rings. The highest BCUT2D eigenvalue weighted by molar-refractivity contribution is 9.10. The van der Waals surface area contributed by atoms with Gasteiger partial charge in [-0.2, -0.15) is 0 Å². The highest BCUT2D eigenvalue weighted by Gasteiger charge is 2.22. The maximum absolute atomic E-state index is 11.6. The van der Waals surface area contributed by atoms with Crippen molar-refractivity contribution in [2.24, 2.45) is 5.92 Å². The van der Waals surface area contributed by atoms with Gasteiger partial charge >= 0.3 is 0 Å². The van der Waals surface area contributed by atoms with Gasteiger partial charge in [0.2, 0.25) is 11.8 Å². The molecule has 0 aromatic heterocycles. The van der Waals surface area contributed by atoms with E-state index in [9.17, 15) is 9.59 Å². The largest absolute Gasteiger partial charge is 0.355 e. The Morgan fingerprint density at radius 3 is 2.13 bits per heavy atom. The van der Waals surface area contributed by atoms with Gasteiger partial charge in [0, 0.05) is 6.54 Å². The number of nitrogens with one attached hydrogen (secondary N) is 2. The maximum Gasteiger partial charge on any atom is 0.242 e. The Bertz CT molecular complexity index is 231. The summed E-state index contributed by atoms with van der Waals surface area (Å²) in [5, 5.41) is 5.30. The first-order valence-electron chi connectivity index (χ1n) is 5.12. The van der Waals surface area contributed by atoms with Crippen LogP contribution in [0.15, 0.2) is 0 Å². The number of likely N-dealkylation sites (N-methyl/N-ethyl adjacent to an activating group) is 1. The van der Waals surface area contributed by atoms with Crippen LogP contribution in [0.3, 0.4) is 0 Å². The number of hydrogen-bond acceptors (Lipinski definition) is 2. The van der Waals surface area contributed by atoms with E-state index in [1.54, 1.807) is 6.92 Å². The summed E-state index contributed by atoms with van der Waals surface area (Å²) in [6.45, 7) is 7.96. The van der Waals surface area contributed by atoms with Crippen molar-refractivity contribution in [1.82, 2.24) is 10.6 Å². The van der Waals surface area contributed by atoms with E-state index in [1.165, 1.54) is 0 Å².